The van der Waals surface area contributed by atoms with E-state index in [0.717, 1.165) is 0 Å². The first-order chi connectivity index (χ1) is 10.8. The zero-order valence-electron chi connectivity index (χ0n) is 12.9. The molecule has 0 fully saturated rings. The fourth-order valence-corrected chi connectivity index (χ4v) is 3.46. The Balaban J connectivity index is 2.28. The molecule has 0 unspecified atom stereocenters. The van der Waals surface area contributed by atoms with Gasteiger partial charge in [0.05, 0.1) is 0 Å². The number of rotatable bonds is 1. The van der Waals surface area contributed by atoms with Crippen LogP contribution < -0.4 is 5.22 Å². The molecule has 0 nitrogen and oxygen atoms in total. The Morgan fingerprint density at radius 1 is 0.682 bits per heavy atom. The monoisotopic (exact) mass is 282 g/mol. The molecule has 0 aliphatic heterocycles. The van der Waals surface area contributed by atoms with Crippen LogP contribution in [0.5, 0.6) is 0 Å². The van der Waals surface area contributed by atoms with E-state index in [1.807, 2.05) is 0 Å². The first-order valence-electron chi connectivity index (χ1n) is 7.73. The van der Waals surface area contributed by atoms with Gasteiger partial charge < -0.3 is 0 Å². The molecule has 0 heteroatoms. The Morgan fingerprint density at radius 3 is 2.09 bits per heavy atom. The van der Waals surface area contributed by atoms with Crippen molar-refractivity contribution in [2.75, 3.05) is 0 Å². The SMILES string of the molecule is CC(C)=c1c(-c2ccccc2)cc2cccc3cccc1c32. The van der Waals surface area contributed by atoms with Gasteiger partial charge in [-0.25, -0.2) is 0 Å². The molecule has 0 N–H and O–H groups in total. The summed E-state index contributed by atoms with van der Waals surface area (Å²) in [7, 11) is 0. The largest absolute Gasteiger partial charge is 0.0679 e. The second-order valence-electron chi connectivity index (χ2n) is 6.05. The highest BCUT2D eigenvalue weighted by Gasteiger charge is 2.09. The summed E-state index contributed by atoms with van der Waals surface area (Å²) in [5.74, 6) is 0. The van der Waals surface area contributed by atoms with Gasteiger partial charge in [-0.05, 0) is 57.8 Å². The molecule has 0 aliphatic carbocycles. The minimum atomic E-state index is 1.28. The average molecular weight is 282 g/mol. The van der Waals surface area contributed by atoms with Gasteiger partial charge in [-0.2, -0.15) is 0 Å². The third-order valence-corrected chi connectivity index (χ3v) is 4.36. The van der Waals surface area contributed by atoms with E-state index < -0.39 is 0 Å². The van der Waals surface area contributed by atoms with E-state index in [9.17, 15) is 0 Å². The molecule has 0 spiro atoms. The summed E-state index contributed by atoms with van der Waals surface area (Å²) in [6, 6.07) is 26.2. The molecule has 22 heavy (non-hydrogen) atoms. The van der Waals surface area contributed by atoms with E-state index in [0.29, 0.717) is 0 Å². The Morgan fingerprint density at radius 2 is 1.36 bits per heavy atom. The van der Waals surface area contributed by atoms with Gasteiger partial charge in [-0.15, -0.1) is 0 Å². The molecule has 0 saturated heterocycles. The molecule has 0 heterocycles. The fraction of sp³-hybridized carbons (Fsp3) is 0.0909. The summed E-state index contributed by atoms with van der Waals surface area (Å²) in [5.41, 5.74) is 3.97. The number of benzene rings is 4. The van der Waals surface area contributed by atoms with Crippen LogP contribution in [0, 0.1) is 0 Å². The van der Waals surface area contributed by atoms with Gasteiger partial charge in [0.1, 0.15) is 0 Å². The molecule has 0 radical (unpaired) electrons. The lowest BCUT2D eigenvalue weighted by atomic mass is 9.91. The van der Waals surface area contributed by atoms with Crippen molar-refractivity contribution < 1.29 is 0 Å². The van der Waals surface area contributed by atoms with E-state index in [1.54, 1.807) is 0 Å². The van der Waals surface area contributed by atoms with Gasteiger partial charge in [0.15, 0.2) is 0 Å². The first kappa shape index (κ1) is 13.1. The Labute approximate surface area is 130 Å². The standard InChI is InChI=1S/C22H18/c1-15(2)21-19-13-7-11-17-10-6-12-18(22(17)19)14-20(21)16-8-4-3-5-9-16/h3-14H,1-2H3. The maximum Gasteiger partial charge on any atom is -0.00324 e. The highest BCUT2D eigenvalue weighted by molar-refractivity contribution is 6.12. The van der Waals surface area contributed by atoms with Crippen LogP contribution in [0.1, 0.15) is 13.8 Å². The molecule has 4 rings (SSSR count). The minimum Gasteiger partial charge on any atom is -0.0679 e. The zero-order valence-corrected chi connectivity index (χ0v) is 12.9. The van der Waals surface area contributed by atoms with Crippen molar-refractivity contribution in [1.82, 2.24) is 0 Å². The molecule has 0 bridgehead atoms. The van der Waals surface area contributed by atoms with Gasteiger partial charge in [0.2, 0.25) is 0 Å². The van der Waals surface area contributed by atoms with Crippen molar-refractivity contribution in [2.45, 2.75) is 13.8 Å². The molecule has 0 aromatic heterocycles. The van der Waals surface area contributed by atoms with Crippen LogP contribution in [0.3, 0.4) is 0 Å². The normalized spacial score (nSPS) is 11.2. The van der Waals surface area contributed by atoms with Crippen molar-refractivity contribution in [3.8, 4) is 11.1 Å². The molecule has 0 saturated carbocycles. The van der Waals surface area contributed by atoms with Crippen LogP contribution >= 0.6 is 0 Å². The van der Waals surface area contributed by atoms with Crippen molar-refractivity contribution in [3.05, 3.63) is 78.0 Å². The van der Waals surface area contributed by atoms with Crippen molar-refractivity contribution in [2.24, 2.45) is 0 Å². The van der Waals surface area contributed by atoms with Gasteiger partial charge >= 0.3 is 0 Å². The van der Waals surface area contributed by atoms with Crippen LogP contribution in [0.15, 0.2) is 72.8 Å². The van der Waals surface area contributed by atoms with Crippen LogP contribution in [0.4, 0.5) is 0 Å². The highest BCUT2D eigenvalue weighted by Crippen LogP contribution is 2.29. The Bertz CT molecular complexity index is 1010. The molecule has 0 aliphatic rings. The quantitative estimate of drug-likeness (QED) is 0.428. The molecule has 0 amide bonds. The number of hydrogen-bond acceptors (Lipinski definition) is 0. The molecule has 4 aromatic rings. The molecule has 0 atom stereocenters. The number of hydrogen-bond donors (Lipinski definition) is 0. The summed E-state index contributed by atoms with van der Waals surface area (Å²) in [5, 5.41) is 6.74. The van der Waals surface area contributed by atoms with Crippen molar-refractivity contribution >= 4 is 27.1 Å². The minimum absolute atomic E-state index is 1.28. The molecule has 4 aromatic carbocycles. The summed E-state index contributed by atoms with van der Waals surface area (Å²) in [4.78, 5) is 0. The predicted octanol–water partition coefficient (Wildman–Crippen LogP) is 5.57. The van der Waals surface area contributed by atoms with Gasteiger partial charge in [-0.1, -0.05) is 72.3 Å². The Kier molecular flexibility index (Phi) is 2.97. The van der Waals surface area contributed by atoms with Crippen molar-refractivity contribution in [3.63, 3.8) is 0 Å². The summed E-state index contributed by atoms with van der Waals surface area (Å²) < 4.78 is 0. The molecular formula is C22H18. The maximum atomic E-state index is 2.34. The predicted molar refractivity (Wildman–Crippen MR) is 96.9 cm³/mol. The fourth-order valence-electron chi connectivity index (χ4n) is 3.46. The van der Waals surface area contributed by atoms with E-state index >= 15 is 0 Å². The first-order valence-corrected chi connectivity index (χ1v) is 7.73. The maximum absolute atomic E-state index is 2.34. The van der Waals surface area contributed by atoms with Crippen molar-refractivity contribution in [1.29, 1.82) is 0 Å². The van der Waals surface area contributed by atoms with Gasteiger partial charge in [-0.3, -0.25) is 0 Å². The van der Waals surface area contributed by atoms with E-state index in [4.69, 9.17) is 0 Å². The lowest BCUT2D eigenvalue weighted by Gasteiger charge is -2.12. The molecular weight excluding hydrogens is 264 g/mol. The summed E-state index contributed by atoms with van der Waals surface area (Å²) in [6.07, 6.45) is 0. The second-order valence-corrected chi connectivity index (χ2v) is 6.05. The van der Waals surface area contributed by atoms with Crippen LogP contribution in [-0.2, 0) is 0 Å². The van der Waals surface area contributed by atoms with Crippen LogP contribution in [0.25, 0.3) is 38.2 Å². The second kappa shape index (κ2) is 4.99. The summed E-state index contributed by atoms with van der Waals surface area (Å²) >= 11 is 0. The smallest absolute Gasteiger partial charge is 0.00324 e. The summed E-state index contributed by atoms with van der Waals surface area (Å²) in [6.45, 7) is 4.41. The van der Waals surface area contributed by atoms with E-state index in [-0.39, 0.29) is 0 Å². The lowest BCUT2D eigenvalue weighted by molar-refractivity contribution is 1.52. The molecule has 106 valence electrons. The lowest BCUT2D eigenvalue weighted by Crippen LogP contribution is -2.10. The zero-order chi connectivity index (χ0) is 15.1. The van der Waals surface area contributed by atoms with Crippen LogP contribution in [0.2, 0.25) is 0 Å². The Hall–Kier alpha value is -2.60. The van der Waals surface area contributed by atoms with Crippen LogP contribution in [-0.4, -0.2) is 0 Å². The van der Waals surface area contributed by atoms with Gasteiger partial charge in [0, 0.05) is 0 Å². The third kappa shape index (κ3) is 1.92. The van der Waals surface area contributed by atoms with Gasteiger partial charge in [0.25, 0.3) is 0 Å². The average Bonchev–Trinajstić information content (AvgIpc) is 2.55. The van der Waals surface area contributed by atoms with E-state index in [1.165, 1.54) is 43.5 Å². The third-order valence-electron chi connectivity index (χ3n) is 4.36. The van der Waals surface area contributed by atoms with E-state index in [2.05, 4.69) is 86.6 Å². The topological polar surface area (TPSA) is 0 Å². The highest BCUT2D eigenvalue weighted by atomic mass is 14.1.